The fourth-order valence-electron chi connectivity index (χ4n) is 4.30. The maximum absolute atomic E-state index is 13.0. The number of benzene rings is 2. The molecule has 1 amide bonds. The molecule has 0 aliphatic heterocycles. The summed E-state index contributed by atoms with van der Waals surface area (Å²) < 4.78 is 5.38. The lowest BCUT2D eigenvalue weighted by Gasteiger charge is -2.09. The van der Waals surface area contributed by atoms with Crippen LogP contribution >= 0.6 is 0 Å². The number of fused-ring (bicyclic) bond motifs is 1. The summed E-state index contributed by atoms with van der Waals surface area (Å²) in [6.07, 6.45) is 3.25. The lowest BCUT2D eigenvalue weighted by atomic mass is 10.0. The van der Waals surface area contributed by atoms with Crippen LogP contribution in [0.5, 0.6) is 11.6 Å². The van der Waals surface area contributed by atoms with Gasteiger partial charge in [-0.3, -0.25) is 9.89 Å². The first-order chi connectivity index (χ1) is 17.5. The third-order valence-electron chi connectivity index (χ3n) is 6.16. The van der Waals surface area contributed by atoms with Crippen LogP contribution in [0, 0.1) is 0 Å². The number of nitrogens with zero attached hydrogens (tertiary/aromatic N) is 3. The number of phenols is 1. The van der Waals surface area contributed by atoms with Gasteiger partial charge in [0.1, 0.15) is 11.6 Å². The Hall–Kier alpha value is -4.66. The molecule has 0 bridgehead atoms. The zero-order chi connectivity index (χ0) is 25.2. The number of aromatic nitrogens is 5. The molecule has 0 atom stereocenters. The lowest BCUT2D eigenvalue weighted by molar-refractivity contribution is 0.102. The van der Waals surface area contributed by atoms with Crippen molar-refractivity contribution in [2.24, 2.45) is 0 Å². The molecule has 5 aromatic rings. The summed E-state index contributed by atoms with van der Waals surface area (Å²) >= 11 is 0. The van der Waals surface area contributed by atoms with E-state index >= 15 is 0 Å². The van der Waals surface area contributed by atoms with Crippen molar-refractivity contribution < 1.29 is 14.6 Å². The number of ether oxygens (including phenoxy) is 1. The van der Waals surface area contributed by atoms with Crippen LogP contribution in [0.4, 0.5) is 5.82 Å². The molecule has 5 rings (SSSR count). The normalized spacial score (nSPS) is 11.1. The van der Waals surface area contributed by atoms with E-state index in [0.29, 0.717) is 39.7 Å². The molecule has 4 N–H and O–H groups in total. The number of methoxy groups -OCH3 is 1. The molecule has 0 saturated heterocycles. The minimum Gasteiger partial charge on any atom is -0.507 e. The number of rotatable bonds is 7. The van der Waals surface area contributed by atoms with Crippen molar-refractivity contribution in [1.29, 1.82) is 0 Å². The number of carbonyl (C=O) groups excluding carboxylic acids is 1. The maximum atomic E-state index is 13.0. The maximum Gasteiger partial charge on any atom is 0.256 e. The average molecular weight is 483 g/mol. The predicted molar refractivity (Wildman–Crippen MR) is 138 cm³/mol. The van der Waals surface area contributed by atoms with E-state index in [2.05, 4.69) is 30.5 Å². The van der Waals surface area contributed by atoms with Gasteiger partial charge in [-0.25, -0.2) is 9.97 Å². The summed E-state index contributed by atoms with van der Waals surface area (Å²) in [5.41, 5.74) is 6.00. The Bertz CT molecular complexity index is 1570. The molecule has 2 aromatic carbocycles. The minimum absolute atomic E-state index is 0.0796. The van der Waals surface area contributed by atoms with E-state index in [0.717, 1.165) is 35.2 Å². The molecule has 0 saturated carbocycles. The van der Waals surface area contributed by atoms with E-state index < -0.39 is 0 Å². The Kier molecular flexibility index (Phi) is 6.12. The van der Waals surface area contributed by atoms with E-state index in [-0.39, 0.29) is 11.7 Å². The second-order valence-electron chi connectivity index (χ2n) is 8.30. The first-order valence-electron chi connectivity index (χ1n) is 11.7. The third kappa shape index (κ3) is 4.15. The Morgan fingerprint density at radius 1 is 1.08 bits per heavy atom. The van der Waals surface area contributed by atoms with Crippen molar-refractivity contribution in [3.05, 3.63) is 71.5 Å². The quantitative estimate of drug-likeness (QED) is 0.255. The van der Waals surface area contributed by atoms with Gasteiger partial charge in [-0.1, -0.05) is 19.9 Å². The van der Waals surface area contributed by atoms with Crippen LogP contribution in [-0.4, -0.2) is 43.3 Å². The molecule has 36 heavy (non-hydrogen) atoms. The van der Waals surface area contributed by atoms with Crippen molar-refractivity contribution in [2.45, 2.75) is 26.7 Å². The van der Waals surface area contributed by atoms with Crippen molar-refractivity contribution in [1.82, 2.24) is 25.1 Å². The van der Waals surface area contributed by atoms with E-state index in [1.807, 2.05) is 32.0 Å². The van der Waals surface area contributed by atoms with Gasteiger partial charge in [0.25, 0.3) is 5.91 Å². The number of H-pyrrole nitrogens is 2. The number of pyridine rings is 1. The van der Waals surface area contributed by atoms with Gasteiger partial charge in [-0.05, 0) is 60.9 Å². The molecule has 3 heterocycles. The first-order valence-corrected chi connectivity index (χ1v) is 11.7. The molecule has 9 heteroatoms. The van der Waals surface area contributed by atoms with E-state index in [9.17, 15) is 9.90 Å². The van der Waals surface area contributed by atoms with Gasteiger partial charge in [0.15, 0.2) is 5.82 Å². The molecule has 0 radical (unpaired) electrons. The highest BCUT2D eigenvalue weighted by Crippen LogP contribution is 2.35. The Labute approximate surface area is 207 Å². The van der Waals surface area contributed by atoms with Gasteiger partial charge in [-0.2, -0.15) is 5.10 Å². The molecule has 182 valence electrons. The Morgan fingerprint density at radius 2 is 1.94 bits per heavy atom. The number of phenolic OH excluding ortho intramolecular Hbond substituents is 1. The molecule has 9 nitrogen and oxygen atoms in total. The topological polar surface area (TPSA) is 129 Å². The van der Waals surface area contributed by atoms with Crippen LogP contribution < -0.4 is 10.1 Å². The van der Waals surface area contributed by atoms with Crippen LogP contribution in [0.15, 0.2) is 54.7 Å². The lowest BCUT2D eigenvalue weighted by Crippen LogP contribution is -2.13. The number of hydrogen-bond donors (Lipinski definition) is 4. The molecule has 0 spiro atoms. The number of aromatic hydroxyl groups is 1. The highest BCUT2D eigenvalue weighted by molar-refractivity contribution is 6.06. The molecule has 0 fully saturated rings. The van der Waals surface area contributed by atoms with Crippen LogP contribution in [0.3, 0.4) is 0 Å². The van der Waals surface area contributed by atoms with E-state index in [4.69, 9.17) is 4.74 Å². The van der Waals surface area contributed by atoms with Crippen molar-refractivity contribution in [3.63, 3.8) is 0 Å². The van der Waals surface area contributed by atoms with Gasteiger partial charge in [-0.15, -0.1) is 0 Å². The smallest absolute Gasteiger partial charge is 0.256 e. The fraction of sp³-hybridized carbons (Fsp3) is 0.185. The van der Waals surface area contributed by atoms with Crippen molar-refractivity contribution in [3.8, 4) is 34.1 Å². The zero-order valence-electron chi connectivity index (χ0n) is 20.2. The molecule has 0 aliphatic rings. The second-order valence-corrected chi connectivity index (χ2v) is 8.30. The van der Waals surface area contributed by atoms with Gasteiger partial charge in [0, 0.05) is 28.6 Å². The number of carbonyl (C=O) groups is 1. The second kappa shape index (κ2) is 9.53. The summed E-state index contributed by atoms with van der Waals surface area (Å²) in [7, 11) is 1.57. The highest BCUT2D eigenvalue weighted by atomic mass is 16.5. The van der Waals surface area contributed by atoms with Crippen LogP contribution in [0.1, 0.15) is 35.5 Å². The predicted octanol–water partition coefficient (Wildman–Crippen LogP) is 5.11. The molecule has 0 unspecified atom stereocenters. The largest absolute Gasteiger partial charge is 0.507 e. The molecule has 3 aromatic heterocycles. The molecule has 0 aliphatic carbocycles. The number of imidazole rings is 1. The van der Waals surface area contributed by atoms with Crippen LogP contribution in [0.2, 0.25) is 0 Å². The number of anilines is 1. The van der Waals surface area contributed by atoms with Crippen LogP contribution in [-0.2, 0) is 12.8 Å². The minimum atomic E-state index is -0.259. The van der Waals surface area contributed by atoms with Gasteiger partial charge >= 0.3 is 0 Å². The van der Waals surface area contributed by atoms with E-state index in [1.54, 1.807) is 43.6 Å². The molecular weight excluding hydrogens is 456 g/mol. The highest BCUT2D eigenvalue weighted by Gasteiger charge is 2.17. The SMILES string of the molecule is CCc1[nH]nc(NC(=O)c2ccc3nc(-c4cc(-c5cccnc5OC)ccc4O)[nH]c3c2)c1CC. The first kappa shape index (κ1) is 23.1. The monoisotopic (exact) mass is 482 g/mol. The van der Waals surface area contributed by atoms with Gasteiger partial charge in [0.2, 0.25) is 5.88 Å². The number of aryl methyl sites for hydroxylation is 1. The van der Waals surface area contributed by atoms with Crippen molar-refractivity contribution >= 4 is 22.8 Å². The summed E-state index contributed by atoms with van der Waals surface area (Å²) in [5.74, 6) is 1.35. The standard InChI is InChI=1S/C27H26N6O3/c1-4-17-20(5-2)32-33-25(17)31-26(35)16-8-10-21-22(14-16)30-24(29-21)19-13-15(9-11-23(19)34)18-7-6-12-28-27(18)36-3/h6-14,34H,4-5H2,1-3H3,(H,29,30)(H2,31,32,33,35). The average Bonchev–Trinajstić information content (AvgIpc) is 3.51. The Morgan fingerprint density at radius 3 is 2.72 bits per heavy atom. The fourth-order valence-corrected chi connectivity index (χ4v) is 4.30. The van der Waals surface area contributed by atoms with Gasteiger partial charge < -0.3 is 20.1 Å². The third-order valence-corrected chi connectivity index (χ3v) is 6.16. The van der Waals surface area contributed by atoms with E-state index in [1.165, 1.54) is 0 Å². The summed E-state index contributed by atoms with van der Waals surface area (Å²) in [4.78, 5) is 25.1. The number of nitrogens with one attached hydrogen (secondary N) is 3. The van der Waals surface area contributed by atoms with Crippen LogP contribution in [0.25, 0.3) is 33.5 Å². The molecular formula is C27H26N6O3. The van der Waals surface area contributed by atoms with Crippen molar-refractivity contribution in [2.75, 3.05) is 12.4 Å². The number of amides is 1. The number of aromatic amines is 2. The summed E-state index contributed by atoms with van der Waals surface area (Å²) in [6, 6.07) is 14.2. The zero-order valence-corrected chi connectivity index (χ0v) is 20.2. The Balaban J connectivity index is 1.47. The number of hydrogen-bond acceptors (Lipinski definition) is 6. The summed E-state index contributed by atoms with van der Waals surface area (Å²) in [6.45, 7) is 4.08. The van der Waals surface area contributed by atoms with Gasteiger partial charge in [0.05, 0.1) is 23.7 Å². The summed E-state index contributed by atoms with van der Waals surface area (Å²) in [5, 5.41) is 20.8.